The molecule has 0 heterocycles. The first-order chi connectivity index (χ1) is 7.13. The van der Waals surface area contributed by atoms with E-state index < -0.39 is 5.97 Å². The number of hydrogen-bond donors (Lipinski definition) is 2. The fourth-order valence-electron chi connectivity index (χ4n) is 1.42. The molecule has 1 rings (SSSR count). The van der Waals surface area contributed by atoms with Gasteiger partial charge in [-0.2, -0.15) is 0 Å². The summed E-state index contributed by atoms with van der Waals surface area (Å²) in [5.41, 5.74) is 7.33. The van der Waals surface area contributed by atoms with E-state index in [1.165, 1.54) is 0 Å². The molecule has 4 heteroatoms. The van der Waals surface area contributed by atoms with Crippen molar-refractivity contribution in [1.29, 1.82) is 0 Å². The van der Waals surface area contributed by atoms with Gasteiger partial charge in [0.1, 0.15) is 0 Å². The fourth-order valence-corrected chi connectivity index (χ4v) is 1.42. The molecule has 0 unspecified atom stereocenters. The Morgan fingerprint density at radius 3 is 2.80 bits per heavy atom. The van der Waals surface area contributed by atoms with E-state index in [2.05, 4.69) is 0 Å². The molecule has 0 saturated carbocycles. The number of rotatable bonds is 5. The molecule has 0 radical (unpaired) electrons. The van der Waals surface area contributed by atoms with Gasteiger partial charge in [0.2, 0.25) is 0 Å². The van der Waals surface area contributed by atoms with Crippen molar-refractivity contribution < 1.29 is 9.90 Å². The lowest BCUT2D eigenvalue weighted by molar-refractivity contribution is -0.136. The summed E-state index contributed by atoms with van der Waals surface area (Å²) in [6, 6.07) is 7.47. The summed E-state index contributed by atoms with van der Waals surface area (Å²) in [5, 5.41) is 8.61. The monoisotopic (exact) mass is 208 g/mol. The van der Waals surface area contributed by atoms with E-state index in [0.717, 1.165) is 12.2 Å². The number of aliphatic carboxylic acids is 1. The SMILES string of the molecule is CCN(CCC(=O)O)c1cccc(N)c1. The fraction of sp³-hybridized carbons (Fsp3) is 0.364. The lowest BCUT2D eigenvalue weighted by atomic mass is 10.2. The largest absolute Gasteiger partial charge is 0.481 e. The minimum atomic E-state index is -0.780. The maximum Gasteiger partial charge on any atom is 0.305 e. The van der Waals surface area contributed by atoms with Crippen LogP contribution in [0.5, 0.6) is 0 Å². The smallest absolute Gasteiger partial charge is 0.305 e. The lowest BCUT2D eigenvalue weighted by Gasteiger charge is -2.22. The second kappa shape index (κ2) is 5.24. The molecule has 0 aliphatic rings. The van der Waals surface area contributed by atoms with Crippen molar-refractivity contribution in [1.82, 2.24) is 0 Å². The van der Waals surface area contributed by atoms with Crippen LogP contribution in [0.2, 0.25) is 0 Å². The van der Waals surface area contributed by atoms with E-state index in [4.69, 9.17) is 10.8 Å². The first kappa shape index (κ1) is 11.4. The molecule has 15 heavy (non-hydrogen) atoms. The summed E-state index contributed by atoms with van der Waals surface area (Å²) in [4.78, 5) is 12.5. The van der Waals surface area contributed by atoms with Crippen molar-refractivity contribution in [3.63, 3.8) is 0 Å². The van der Waals surface area contributed by atoms with E-state index in [1.807, 2.05) is 36.1 Å². The molecule has 4 nitrogen and oxygen atoms in total. The van der Waals surface area contributed by atoms with Gasteiger partial charge in [0, 0.05) is 24.5 Å². The zero-order valence-electron chi connectivity index (χ0n) is 8.81. The van der Waals surface area contributed by atoms with Crippen LogP contribution in [0.1, 0.15) is 13.3 Å². The number of anilines is 2. The van der Waals surface area contributed by atoms with Crippen LogP contribution in [0.3, 0.4) is 0 Å². The molecule has 3 N–H and O–H groups in total. The van der Waals surface area contributed by atoms with Gasteiger partial charge in [0.05, 0.1) is 6.42 Å². The highest BCUT2D eigenvalue weighted by molar-refractivity contribution is 5.68. The topological polar surface area (TPSA) is 66.6 Å². The van der Waals surface area contributed by atoms with Gasteiger partial charge in [0.15, 0.2) is 0 Å². The van der Waals surface area contributed by atoms with E-state index in [-0.39, 0.29) is 6.42 Å². The van der Waals surface area contributed by atoms with Crippen LogP contribution >= 0.6 is 0 Å². The van der Waals surface area contributed by atoms with Crippen molar-refractivity contribution in [2.75, 3.05) is 23.7 Å². The molecule has 0 bridgehead atoms. The molecular formula is C11H16N2O2. The lowest BCUT2D eigenvalue weighted by Crippen LogP contribution is -2.25. The van der Waals surface area contributed by atoms with Crippen LogP contribution in [0.15, 0.2) is 24.3 Å². The molecule has 0 spiro atoms. The number of nitrogens with zero attached hydrogens (tertiary/aromatic N) is 1. The highest BCUT2D eigenvalue weighted by Crippen LogP contribution is 2.17. The number of carbonyl (C=O) groups is 1. The summed E-state index contributed by atoms with van der Waals surface area (Å²) >= 11 is 0. The van der Waals surface area contributed by atoms with Crippen LogP contribution in [0.4, 0.5) is 11.4 Å². The Bertz CT molecular complexity index is 339. The Kier molecular flexibility index (Phi) is 3.97. The third kappa shape index (κ3) is 3.50. The standard InChI is InChI=1S/C11H16N2O2/c1-2-13(7-6-11(14)15)10-5-3-4-9(12)8-10/h3-5,8H,2,6-7,12H2,1H3,(H,14,15). The number of benzene rings is 1. The Labute approximate surface area is 89.3 Å². The highest BCUT2D eigenvalue weighted by Gasteiger charge is 2.06. The number of nitrogens with two attached hydrogens (primary N) is 1. The molecule has 0 saturated heterocycles. The van der Waals surface area contributed by atoms with Gasteiger partial charge in [0.25, 0.3) is 0 Å². The van der Waals surface area contributed by atoms with Gasteiger partial charge in [-0.3, -0.25) is 4.79 Å². The van der Waals surface area contributed by atoms with Gasteiger partial charge in [-0.05, 0) is 25.1 Å². The average molecular weight is 208 g/mol. The maximum atomic E-state index is 10.5. The Morgan fingerprint density at radius 1 is 1.53 bits per heavy atom. The third-order valence-electron chi connectivity index (χ3n) is 2.21. The van der Waals surface area contributed by atoms with E-state index in [0.29, 0.717) is 12.2 Å². The number of nitrogen functional groups attached to an aromatic ring is 1. The van der Waals surface area contributed by atoms with Crippen LogP contribution in [-0.2, 0) is 4.79 Å². The molecule has 0 aliphatic heterocycles. The summed E-state index contributed by atoms with van der Waals surface area (Å²) in [6.45, 7) is 3.27. The van der Waals surface area contributed by atoms with Crippen LogP contribution in [0.25, 0.3) is 0 Å². The third-order valence-corrected chi connectivity index (χ3v) is 2.21. The van der Waals surface area contributed by atoms with Gasteiger partial charge < -0.3 is 15.7 Å². The van der Waals surface area contributed by atoms with Crippen molar-refractivity contribution in [3.8, 4) is 0 Å². The van der Waals surface area contributed by atoms with Gasteiger partial charge in [-0.15, -0.1) is 0 Å². The summed E-state index contributed by atoms with van der Waals surface area (Å²) in [5.74, 6) is -0.780. The minimum absolute atomic E-state index is 0.142. The summed E-state index contributed by atoms with van der Waals surface area (Å²) < 4.78 is 0. The van der Waals surface area contributed by atoms with E-state index >= 15 is 0 Å². The predicted octanol–water partition coefficient (Wildman–Crippen LogP) is 1.57. The molecule has 0 aliphatic carbocycles. The number of carboxylic acids is 1. The molecule has 0 fully saturated rings. The molecular weight excluding hydrogens is 192 g/mol. The Hall–Kier alpha value is -1.71. The average Bonchev–Trinajstić information content (AvgIpc) is 2.18. The zero-order chi connectivity index (χ0) is 11.3. The van der Waals surface area contributed by atoms with Gasteiger partial charge >= 0.3 is 5.97 Å². The van der Waals surface area contributed by atoms with Crippen LogP contribution in [0, 0.1) is 0 Å². The Balaban J connectivity index is 2.69. The van der Waals surface area contributed by atoms with E-state index in [9.17, 15) is 4.79 Å². The van der Waals surface area contributed by atoms with Crippen molar-refractivity contribution >= 4 is 17.3 Å². The molecule has 0 aromatic heterocycles. The second-order valence-electron chi connectivity index (χ2n) is 3.32. The van der Waals surface area contributed by atoms with Crippen molar-refractivity contribution in [2.45, 2.75) is 13.3 Å². The number of hydrogen-bond acceptors (Lipinski definition) is 3. The predicted molar refractivity (Wildman–Crippen MR) is 61.0 cm³/mol. The molecule has 82 valence electrons. The Morgan fingerprint density at radius 2 is 2.27 bits per heavy atom. The molecule has 0 amide bonds. The molecule has 1 aromatic carbocycles. The normalized spacial score (nSPS) is 9.93. The number of carboxylic acid groups (broad SMARTS) is 1. The maximum absolute atomic E-state index is 10.5. The zero-order valence-corrected chi connectivity index (χ0v) is 8.81. The van der Waals surface area contributed by atoms with Gasteiger partial charge in [-0.1, -0.05) is 6.07 Å². The van der Waals surface area contributed by atoms with Crippen LogP contribution < -0.4 is 10.6 Å². The second-order valence-corrected chi connectivity index (χ2v) is 3.32. The first-order valence-corrected chi connectivity index (χ1v) is 4.95. The quantitative estimate of drug-likeness (QED) is 0.721. The van der Waals surface area contributed by atoms with E-state index in [1.54, 1.807) is 0 Å². The van der Waals surface area contributed by atoms with Gasteiger partial charge in [-0.25, -0.2) is 0 Å². The minimum Gasteiger partial charge on any atom is -0.481 e. The van der Waals surface area contributed by atoms with Crippen molar-refractivity contribution in [3.05, 3.63) is 24.3 Å². The molecule has 1 aromatic rings. The first-order valence-electron chi connectivity index (χ1n) is 4.95. The van der Waals surface area contributed by atoms with Crippen molar-refractivity contribution in [2.24, 2.45) is 0 Å². The molecule has 0 atom stereocenters. The highest BCUT2D eigenvalue weighted by atomic mass is 16.4. The summed E-state index contributed by atoms with van der Waals surface area (Å²) in [7, 11) is 0. The van der Waals surface area contributed by atoms with Crippen LogP contribution in [-0.4, -0.2) is 24.2 Å². The summed E-state index contributed by atoms with van der Waals surface area (Å²) in [6.07, 6.45) is 0.142.